The molecule has 1 saturated carbocycles. The van der Waals surface area contributed by atoms with Crippen LogP contribution < -0.4 is 5.32 Å². The minimum atomic E-state index is 0.680. The molecule has 1 aliphatic rings. The Hall–Kier alpha value is -0.890. The quantitative estimate of drug-likeness (QED) is 0.805. The first-order valence-electron chi connectivity index (χ1n) is 8.46. The molecule has 1 fully saturated rings. The summed E-state index contributed by atoms with van der Waals surface area (Å²) >= 11 is 0. The van der Waals surface area contributed by atoms with Gasteiger partial charge in [0.15, 0.2) is 0 Å². The third-order valence-corrected chi connectivity index (χ3v) is 4.94. The summed E-state index contributed by atoms with van der Waals surface area (Å²) in [5.41, 5.74) is 1.23. The van der Waals surface area contributed by atoms with E-state index in [9.17, 15) is 0 Å². The average molecular weight is 274 g/mol. The molecule has 1 unspecified atom stereocenters. The highest BCUT2D eigenvalue weighted by Gasteiger charge is 2.26. The van der Waals surface area contributed by atoms with Crippen molar-refractivity contribution in [1.82, 2.24) is 10.3 Å². The molecule has 1 heterocycles. The summed E-state index contributed by atoms with van der Waals surface area (Å²) in [7, 11) is 0. The monoisotopic (exact) mass is 274 g/mol. The first-order valence-corrected chi connectivity index (χ1v) is 8.46. The fraction of sp³-hybridized carbons (Fsp3) is 0.722. The summed E-state index contributed by atoms with van der Waals surface area (Å²) in [5.74, 6) is 1.87. The van der Waals surface area contributed by atoms with Crippen LogP contribution in [0.2, 0.25) is 0 Å². The predicted molar refractivity (Wildman–Crippen MR) is 85.8 cm³/mol. The van der Waals surface area contributed by atoms with Crippen LogP contribution in [0.3, 0.4) is 0 Å². The zero-order valence-corrected chi connectivity index (χ0v) is 13.1. The van der Waals surface area contributed by atoms with Gasteiger partial charge in [-0.3, -0.25) is 4.98 Å². The minimum absolute atomic E-state index is 0.680. The first kappa shape index (κ1) is 15.5. The van der Waals surface area contributed by atoms with Crippen molar-refractivity contribution in [2.75, 3.05) is 6.54 Å². The highest BCUT2D eigenvalue weighted by Crippen LogP contribution is 2.33. The second kappa shape index (κ2) is 8.41. The fourth-order valence-electron chi connectivity index (χ4n) is 3.61. The van der Waals surface area contributed by atoms with Crippen LogP contribution in [0.15, 0.2) is 24.4 Å². The molecule has 0 radical (unpaired) electrons. The lowest BCUT2D eigenvalue weighted by atomic mass is 9.76. The Morgan fingerprint density at radius 3 is 2.60 bits per heavy atom. The SMILES string of the molecule is CCNC(CCc1ccccn1)C1CCC(CC)CC1. The maximum absolute atomic E-state index is 4.45. The number of nitrogens with zero attached hydrogens (tertiary/aromatic N) is 1. The van der Waals surface area contributed by atoms with Gasteiger partial charge in [-0.05, 0) is 56.2 Å². The number of pyridine rings is 1. The molecule has 0 aromatic carbocycles. The lowest BCUT2D eigenvalue weighted by Gasteiger charge is -2.34. The molecule has 1 aliphatic carbocycles. The highest BCUT2D eigenvalue weighted by atomic mass is 14.9. The van der Waals surface area contributed by atoms with Crippen LogP contribution in [0.5, 0.6) is 0 Å². The van der Waals surface area contributed by atoms with Crippen LogP contribution in [0, 0.1) is 11.8 Å². The van der Waals surface area contributed by atoms with E-state index in [2.05, 4.69) is 36.3 Å². The largest absolute Gasteiger partial charge is 0.314 e. The molecular formula is C18H30N2. The van der Waals surface area contributed by atoms with Gasteiger partial charge in [0.1, 0.15) is 0 Å². The molecule has 2 heteroatoms. The van der Waals surface area contributed by atoms with E-state index in [0.717, 1.165) is 24.8 Å². The van der Waals surface area contributed by atoms with Crippen LogP contribution in [0.25, 0.3) is 0 Å². The van der Waals surface area contributed by atoms with E-state index < -0.39 is 0 Å². The summed E-state index contributed by atoms with van der Waals surface area (Å²) in [5, 5.41) is 3.73. The Bertz CT molecular complexity index is 355. The van der Waals surface area contributed by atoms with Crippen molar-refractivity contribution in [3.05, 3.63) is 30.1 Å². The van der Waals surface area contributed by atoms with Gasteiger partial charge in [-0.25, -0.2) is 0 Å². The average Bonchev–Trinajstić information content (AvgIpc) is 2.52. The van der Waals surface area contributed by atoms with Crippen LogP contribution in [0.4, 0.5) is 0 Å². The van der Waals surface area contributed by atoms with E-state index >= 15 is 0 Å². The van der Waals surface area contributed by atoms with Crippen molar-refractivity contribution in [2.45, 2.75) is 64.8 Å². The van der Waals surface area contributed by atoms with Crippen molar-refractivity contribution >= 4 is 0 Å². The highest BCUT2D eigenvalue weighted by molar-refractivity contribution is 5.04. The molecule has 2 rings (SSSR count). The molecule has 0 spiro atoms. The van der Waals surface area contributed by atoms with Gasteiger partial charge < -0.3 is 5.32 Å². The Balaban J connectivity index is 1.84. The van der Waals surface area contributed by atoms with Crippen LogP contribution >= 0.6 is 0 Å². The Kier molecular flexibility index (Phi) is 6.52. The van der Waals surface area contributed by atoms with E-state index in [4.69, 9.17) is 0 Å². The van der Waals surface area contributed by atoms with Gasteiger partial charge in [0, 0.05) is 17.9 Å². The lowest BCUT2D eigenvalue weighted by molar-refractivity contribution is 0.212. The molecule has 2 nitrogen and oxygen atoms in total. The van der Waals surface area contributed by atoms with E-state index in [0.29, 0.717) is 6.04 Å². The summed E-state index contributed by atoms with van der Waals surface area (Å²) in [6.45, 7) is 5.65. The van der Waals surface area contributed by atoms with E-state index in [1.807, 2.05) is 12.3 Å². The standard InChI is InChI=1S/C18H30N2/c1-3-15-8-10-16(11-9-15)18(19-4-2)13-12-17-7-5-6-14-20-17/h5-7,14-16,18-19H,3-4,8-13H2,1-2H3. The molecular weight excluding hydrogens is 244 g/mol. The van der Waals surface area contributed by atoms with Crippen LogP contribution in [-0.2, 0) is 6.42 Å². The van der Waals surface area contributed by atoms with Gasteiger partial charge in [-0.2, -0.15) is 0 Å². The van der Waals surface area contributed by atoms with Crippen molar-refractivity contribution in [3.8, 4) is 0 Å². The number of hydrogen-bond donors (Lipinski definition) is 1. The normalized spacial score (nSPS) is 24.5. The Morgan fingerprint density at radius 2 is 2.00 bits per heavy atom. The molecule has 0 bridgehead atoms. The zero-order chi connectivity index (χ0) is 14.2. The van der Waals surface area contributed by atoms with E-state index in [-0.39, 0.29) is 0 Å². The molecule has 0 saturated heterocycles. The first-order chi connectivity index (χ1) is 9.83. The van der Waals surface area contributed by atoms with E-state index in [1.54, 1.807) is 0 Å². The zero-order valence-electron chi connectivity index (χ0n) is 13.1. The van der Waals surface area contributed by atoms with Gasteiger partial charge in [-0.1, -0.05) is 39.2 Å². The lowest BCUT2D eigenvalue weighted by Crippen LogP contribution is -2.38. The molecule has 20 heavy (non-hydrogen) atoms. The van der Waals surface area contributed by atoms with Gasteiger partial charge >= 0.3 is 0 Å². The molecule has 1 atom stereocenters. The molecule has 1 aromatic heterocycles. The smallest absolute Gasteiger partial charge is 0.0404 e. The topological polar surface area (TPSA) is 24.9 Å². The second-order valence-electron chi connectivity index (χ2n) is 6.21. The van der Waals surface area contributed by atoms with Crippen molar-refractivity contribution in [1.29, 1.82) is 0 Å². The number of nitrogens with one attached hydrogen (secondary N) is 1. The van der Waals surface area contributed by atoms with E-state index in [1.165, 1.54) is 44.2 Å². The summed E-state index contributed by atoms with van der Waals surface area (Å²) < 4.78 is 0. The number of aromatic nitrogens is 1. The van der Waals surface area contributed by atoms with Gasteiger partial charge in [-0.15, -0.1) is 0 Å². The fourth-order valence-corrected chi connectivity index (χ4v) is 3.61. The number of aryl methyl sites for hydroxylation is 1. The predicted octanol–water partition coefficient (Wildman–Crippen LogP) is 4.21. The third kappa shape index (κ3) is 4.59. The van der Waals surface area contributed by atoms with Gasteiger partial charge in [0.25, 0.3) is 0 Å². The van der Waals surface area contributed by atoms with Gasteiger partial charge in [0.2, 0.25) is 0 Å². The van der Waals surface area contributed by atoms with Crippen molar-refractivity contribution in [3.63, 3.8) is 0 Å². The third-order valence-electron chi connectivity index (χ3n) is 4.94. The van der Waals surface area contributed by atoms with Crippen LogP contribution in [-0.4, -0.2) is 17.6 Å². The minimum Gasteiger partial charge on any atom is -0.314 e. The van der Waals surface area contributed by atoms with Crippen molar-refractivity contribution in [2.24, 2.45) is 11.8 Å². The maximum atomic E-state index is 4.45. The number of hydrogen-bond acceptors (Lipinski definition) is 2. The Labute approximate surface area is 124 Å². The van der Waals surface area contributed by atoms with Gasteiger partial charge in [0.05, 0.1) is 0 Å². The summed E-state index contributed by atoms with van der Waals surface area (Å²) in [6.07, 6.45) is 11.3. The molecule has 1 N–H and O–H groups in total. The summed E-state index contributed by atoms with van der Waals surface area (Å²) in [6, 6.07) is 6.92. The Morgan fingerprint density at radius 1 is 1.20 bits per heavy atom. The molecule has 0 aliphatic heterocycles. The molecule has 0 amide bonds. The maximum Gasteiger partial charge on any atom is 0.0404 e. The second-order valence-corrected chi connectivity index (χ2v) is 6.21. The summed E-state index contributed by atoms with van der Waals surface area (Å²) in [4.78, 5) is 4.45. The van der Waals surface area contributed by atoms with Crippen LogP contribution in [0.1, 0.15) is 58.1 Å². The molecule has 112 valence electrons. The van der Waals surface area contributed by atoms with Crippen molar-refractivity contribution < 1.29 is 0 Å². The number of rotatable bonds is 7. The molecule has 1 aromatic rings.